The van der Waals surface area contributed by atoms with Gasteiger partial charge in [0, 0.05) is 24.0 Å². The molecule has 5 nitrogen and oxygen atoms in total. The third-order valence-electron chi connectivity index (χ3n) is 3.72. The molecular formula is C18H20FN3O2. The minimum atomic E-state index is -0.376. The molecule has 6 heteroatoms. The Morgan fingerprint density at radius 1 is 1.50 bits per heavy atom. The molecule has 0 saturated carbocycles. The number of halogens is 1. The average Bonchev–Trinajstić information content (AvgIpc) is 2.53. The minimum Gasteiger partial charge on any atom is -0.466 e. The summed E-state index contributed by atoms with van der Waals surface area (Å²) in [6.45, 7) is 5.79. The van der Waals surface area contributed by atoms with Crippen LogP contribution in [0.1, 0.15) is 37.8 Å². The number of pyridine rings is 1. The molecule has 1 unspecified atom stereocenters. The van der Waals surface area contributed by atoms with Crippen LogP contribution in [0.25, 0.3) is 10.9 Å². The van der Waals surface area contributed by atoms with Crippen LogP contribution in [0.15, 0.2) is 18.3 Å². The number of aromatic nitrogens is 1. The Hall–Kier alpha value is -2.68. The van der Waals surface area contributed by atoms with Crippen molar-refractivity contribution in [1.82, 2.24) is 4.98 Å². The van der Waals surface area contributed by atoms with Gasteiger partial charge in [-0.25, -0.2) is 4.39 Å². The van der Waals surface area contributed by atoms with Crippen molar-refractivity contribution in [2.45, 2.75) is 39.7 Å². The monoisotopic (exact) mass is 329 g/mol. The highest BCUT2D eigenvalue weighted by atomic mass is 19.1. The number of hydrogen-bond donors (Lipinski definition) is 1. The van der Waals surface area contributed by atoms with Gasteiger partial charge in [0.25, 0.3) is 0 Å². The van der Waals surface area contributed by atoms with Gasteiger partial charge in [-0.05, 0) is 44.9 Å². The fourth-order valence-corrected chi connectivity index (χ4v) is 2.56. The number of benzene rings is 1. The number of nitrogens with one attached hydrogen (secondary N) is 1. The van der Waals surface area contributed by atoms with Crippen molar-refractivity contribution in [3.05, 3.63) is 35.3 Å². The normalized spacial score (nSPS) is 11.8. The fourth-order valence-electron chi connectivity index (χ4n) is 2.56. The summed E-state index contributed by atoms with van der Waals surface area (Å²) in [7, 11) is 0. The van der Waals surface area contributed by atoms with Crippen LogP contribution in [-0.4, -0.2) is 23.6 Å². The van der Waals surface area contributed by atoms with Crippen molar-refractivity contribution < 1.29 is 13.9 Å². The molecule has 0 fully saturated rings. The summed E-state index contributed by atoms with van der Waals surface area (Å²) in [5.41, 5.74) is 2.24. The topological polar surface area (TPSA) is 75.0 Å². The lowest BCUT2D eigenvalue weighted by Crippen LogP contribution is -2.18. The van der Waals surface area contributed by atoms with Crippen molar-refractivity contribution in [3.8, 4) is 6.07 Å². The van der Waals surface area contributed by atoms with E-state index in [4.69, 9.17) is 4.74 Å². The zero-order valence-electron chi connectivity index (χ0n) is 14.0. The van der Waals surface area contributed by atoms with E-state index in [1.54, 1.807) is 13.8 Å². The maximum Gasteiger partial charge on any atom is 0.305 e. The van der Waals surface area contributed by atoms with Crippen LogP contribution in [0, 0.1) is 24.1 Å². The van der Waals surface area contributed by atoms with Gasteiger partial charge in [-0.2, -0.15) is 5.26 Å². The predicted octanol–water partition coefficient (Wildman–Crippen LogP) is 3.70. The molecule has 1 N–H and O–H groups in total. The van der Waals surface area contributed by atoms with Crippen molar-refractivity contribution in [2.24, 2.45) is 0 Å². The molecule has 0 aliphatic carbocycles. The molecule has 126 valence electrons. The van der Waals surface area contributed by atoms with Gasteiger partial charge in [-0.3, -0.25) is 9.78 Å². The van der Waals surface area contributed by atoms with E-state index in [-0.39, 0.29) is 24.2 Å². The number of aryl methyl sites for hydroxylation is 1. The highest BCUT2D eigenvalue weighted by molar-refractivity contribution is 5.95. The van der Waals surface area contributed by atoms with Gasteiger partial charge >= 0.3 is 5.97 Å². The lowest BCUT2D eigenvalue weighted by Gasteiger charge is -2.18. The third-order valence-corrected chi connectivity index (χ3v) is 3.72. The van der Waals surface area contributed by atoms with Crippen molar-refractivity contribution in [3.63, 3.8) is 0 Å². The molecule has 0 aliphatic rings. The second-order valence-electron chi connectivity index (χ2n) is 5.67. The van der Waals surface area contributed by atoms with E-state index >= 15 is 0 Å². The lowest BCUT2D eigenvalue weighted by molar-refractivity contribution is -0.143. The Balaban J connectivity index is 2.30. The summed E-state index contributed by atoms with van der Waals surface area (Å²) < 4.78 is 18.7. The predicted molar refractivity (Wildman–Crippen MR) is 90.1 cm³/mol. The van der Waals surface area contributed by atoms with E-state index in [9.17, 15) is 14.4 Å². The molecule has 0 spiro atoms. The quantitative estimate of drug-likeness (QED) is 0.818. The van der Waals surface area contributed by atoms with Gasteiger partial charge in [0.2, 0.25) is 0 Å². The first-order chi connectivity index (χ1) is 11.5. The van der Waals surface area contributed by atoms with E-state index in [0.29, 0.717) is 40.7 Å². The molecule has 0 radical (unpaired) electrons. The van der Waals surface area contributed by atoms with Gasteiger partial charge in [0.15, 0.2) is 0 Å². The maximum atomic E-state index is 13.8. The van der Waals surface area contributed by atoms with Crippen LogP contribution in [0.4, 0.5) is 10.1 Å². The molecule has 0 saturated heterocycles. The first-order valence-electron chi connectivity index (χ1n) is 7.87. The summed E-state index contributed by atoms with van der Waals surface area (Å²) in [5, 5.41) is 13.1. The second kappa shape index (κ2) is 7.73. The molecule has 0 bridgehead atoms. The number of carbonyl (C=O) groups is 1. The summed E-state index contributed by atoms with van der Waals surface area (Å²) in [6, 6.07) is 4.77. The Bertz CT molecular complexity index is 799. The van der Waals surface area contributed by atoms with E-state index in [2.05, 4.69) is 16.4 Å². The van der Waals surface area contributed by atoms with Gasteiger partial charge < -0.3 is 10.1 Å². The average molecular weight is 329 g/mol. The van der Waals surface area contributed by atoms with Gasteiger partial charge in [0.1, 0.15) is 11.9 Å². The van der Waals surface area contributed by atoms with E-state index in [1.807, 2.05) is 6.92 Å². The van der Waals surface area contributed by atoms with Crippen LogP contribution < -0.4 is 5.32 Å². The standard InChI is InChI=1S/C18H20FN3O2/c1-4-24-16(23)6-5-12(3)22-18-13(9-20)10-21-17-11(2)7-14(19)8-15(17)18/h7-8,10,12H,4-6H2,1-3H3,(H,21,22). The molecule has 1 atom stereocenters. The van der Waals surface area contributed by atoms with Crippen LogP contribution in [0.3, 0.4) is 0 Å². The smallest absolute Gasteiger partial charge is 0.305 e. The van der Waals surface area contributed by atoms with Gasteiger partial charge in [-0.15, -0.1) is 0 Å². The van der Waals surface area contributed by atoms with Gasteiger partial charge in [-0.1, -0.05) is 0 Å². The highest BCUT2D eigenvalue weighted by Crippen LogP contribution is 2.29. The summed E-state index contributed by atoms with van der Waals surface area (Å²) >= 11 is 0. The number of esters is 1. The molecule has 2 aromatic rings. The van der Waals surface area contributed by atoms with E-state index in [0.717, 1.165) is 0 Å². The zero-order valence-corrected chi connectivity index (χ0v) is 14.0. The number of ether oxygens (including phenoxy) is 1. The molecule has 0 amide bonds. The molecule has 1 aromatic heterocycles. The van der Waals surface area contributed by atoms with E-state index in [1.165, 1.54) is 18.3 Å². The van der Waals surface area contributed by atoms with E-state index < -0.39 is 0 Å². The Kier molecular flexibility index (Phi) is 5.69. The Morgan fingerprint density at radius 2 is 2.25 bits per heavy atom. The fraction of sp³-hybridized carbons (Fsp3) is 0.389. The van der Waals surface area contributed by atoms with Crippen molar-refractivity contribution in [2.75, 3.05) is 11.9 Å². The number of fused-ring (bicyclic) bond motifs is 1. The number of nitrogens with zero attached hydrogens (tertiary/aromatic N) is 2. The summed E-state index contributed by atoms with van der Waals surface area (Å²) in [5.74, 6) is -0.632. The zero-order chi connectivity index (χ0) is 17.7. The number of hydrogen-bond acceptors (Lipinski definition) is 5. The molecule has 1 heterocycles. The molecule has 1 aromatic carbocycles. The Labute approximate surface area is 140 Å². The SMILES string of the molecule is CCOC(=O)CCC(C)Nc1c(C#N)cnc2c(C)cc(F)cc12. The number of anilines is 1. The Morgan fingerprint density at radius 3 is 2.92 bits per heavy atom. The number of nitriles is 1. The number of rotatable bonds is 6. The van der Waals surface area contributed by atoms with Crippen LogP contribution in [-0.2, 0) is 9.53 Å². The first kappa shape index (κ1) is 17.7. The highest BCUT2D eigenvalue weighted by Gasteiger charge is 2.15. The van der Waals surface area contributed by atoms with Crippen LogP contribution >= 0.6 is 0 Å². The minimum absolute atomic E-state index is 0.0873. The molecule has 2 rings (SSSR count). The molecular weight excluding hydrogens is 309 g/mol. The van der Waals surface area contributed by atoms with Gasteiger partial charge in [0.05, 0.1) is 23.4 Å². The van der Waals surface area contributed by atoms with Crippen molar-refractivity contribution >= 4 is 22.6 Å². The second-order valence-corrected chi connectivity index (χ2v) is 5.67. The first-order valence-corrected chi connectivity index (χ1v) is 7.87. The third kappa shape index (κ3) is 3.99. The molecule has 0 aliphatic heterocycles. The summed E-state index contributed by atoms with van der Waals surface area (Å²) in [6.07, 6.45) is 2.30. The summed E-state index contributed by atoms with van der Waals surface area (Å²) in [4.78, 5) is 15.7. The maximum absolute atomic E-state index is 13.8. The lowest BCUT2D eigenvalue weighted by atomic mass is 10.0. The van der Waals surface area contributed by atoms with Crippen molar-refractivity contribution in [1.29, 1.82) is 5.26 Å². The van der Waals surface area contributed by atoms with Crippen LogP contribution in [0.5, 0.6) is 0 Å². The molecule has 24 heavy (non-hydrogen) atoms. The van der Waals surface area contributed by atoms with Crippen LogP contribution in [0.2, 0.25) is 0 Å². The number of carbonyl (C=O) groups excluding carboxylic acids is 1. The largest absolute Gasteiger partial charge is 0.466 e.